The zero-order chi connectivity index (χ0) is 15.0. The third-order valence-corrected chi connectivity index (χ3v) is 4.16. The van der Waals surface area contributed by atoms with E-state index in [9.17, 15) is 10.1 Å². The quantitative estimate of drug-likeness (QED) is 0.315. The van der Waals surface area contributed by atoms with Gasteiger partial charge in [-0.25, -0.2) is 0 Å². The van der Waals surface area contributed by atoms with Gasteiger partial charge < -0.3 is 10.3 Å². The lowest BCUT2D eigenvalue weighted by Crippen LogP contribution is -2.25. The Morgan fingerprint density at radius 1 is 1.40 bits per heavy atom. The zero-order valence-electron chi connectivity index (χ0n) is 12.0. The number of anilines is 1. The van der Waals surface area contributed by atoms with Crippen molar-refractivity contribution in [2.24, 2.45) is 5.84 Å². The van der Waals surface area contributed by atoms with E-state index >= 15 is 0 Å². The maximum atomic E-state index is 10.9. The number of para-hydroxylation sites is 1. The Morgan fingerprint density at radius 2 is 2.10 bits per heavy atom. The van der Waals surface area contributed by atoms with Gasteiger partial charge >= 0.3 is 0 Å². The molecule has 0 saturated carbocycles. The van der Waals surface area contributed by atoms with Crippen LogP contribution < -0.4 is 11.3 Å². The maximum absolute atomic E-state index is 10.9. The summed E-state index contributed by atoms with van der Waals surface area (Å²) < 4.78 is 0. The van der Waals surface area contributed by atoms with Gasteiger partial charge in [-0.3, -0.25) is 16.0 Å². The number of nitro groups is 1. The van der Waals surface area contributed by atoms with Gasteiger partial charge in [0.15, 0.2) is 0 Å². The smallest absolute Gasteiger partial charge is 0.293 e. The lowest BCUT2D eigenvalue weighted by atomic mass is 10.2. The van der Waals surface area contributed by atoms with Gasteiger partial charge in [-0.05, 0) is 18.7 Å². The van der Waals surface area contributed by atoms with Crippen molar-refractivity contribution in [3.8, 4) is 0 Å². The molecule has 0 aromatic heterocycles. The molecular formula is C13H22N4O2S. The summed E-state index contributed by atoms with van der Waals surface area (Å²) in [6.07, 6.45) is 0. The summed E-state index contributed by atoms with van der Waals surface area (Å²) in [5.41, 5.74) is 3.75. The van der Waals surface area contributed by atoms with E-state index in [0.717, 1.165) is 31.0 Å². The second-order valence-electron chi connectivity index (χ2n) is 4.29. The van der Waals surface area contributed by atoms with E-state index in [1.54, 1.807) is 17.8 Å². The zero-order valence-corrected chi connectivity index (χ0v) is 12.8. The van der Waals surface area contributed by atoms with Crippen molar-refractivity contribution in [1.29, 1.82) is 0 Å². The summed E-state index contributed by atoms with van der Waals surface area (Å²) in [5, 5.41) is 10.9. The van der Waals surface area contributed by atoms with E-state index in [-0.39, 0.29) is 5.69 Å². The predicted octanol–water partition coefficient (Wildman–Crippen LogP) is 2.46. The van der Waals surface area contributed by atoms with E-state index < -0.39 is 4.92 Å². The number of benzene rings is 1. The molecule has 0 saturated heterocycles. The molecule has 1 aromatic carbocycles. The number of nitrogens with zero attached hydrogens (tertiary/aromatic N) is 2. The first-order valence-electron chi connectivity index (χ1n) is 6.67. The summed E-state index contributed by atoms with van der Waals surface area (Å²) in [7, 11) is 0. The predicted molar refractivity (Wildman–Crippen MR) is 84.9 cm³/mol. The van der Waals surface area contributed by atoms with Crippen LogP contribution in [0, 0.1) is 10.1 Å². The summed E-state index contributed by atoms with van der Waals surface area (Å²) >= 11 is 1.76. The first kappa shape index (κ1) is 16.7. The number of hydrazine groups is 1. The van der Waals surface area contributed by atoms with Crippen LogP contribution in [0.5, 0.6) is 0 Å². The molecule has 112 valence electrons. The van der Waals surface area contributed by atoms with Gasteiger partial charge in [0, 0.05) is 24.1 Å². The first-order valence-corrected chi connectivity index (χ1v) is 7.82. The number of nitrogens with two attached hydrogens (primary N) is 1. The van der Waals surface area contributed by atoms with Gasteiger partial charge in [-0.15, -0.1) is 0 Å². The van der Waals surface area contributed by atoms with Crippen molar-refractivity contribution in [2.75, 3.05) is 30.8 Å². The standard InChI is InChI=1S/C13H22N4O2S/c1-3-16(4-2)8-9-20-10-11-6-5-7-12(17(18)19)13(11)15-14/h5-7,15H,3-4,8-10,14H2,1-2H3. The summed E-state index contributed by atoms with van der Waals surface area (Å²) in [4.78, 5) is 12.9. The molecule has 0 aliphatic rings. The van der Waals surface area contributed by atoms with Gasteiger partial charge in [0.1, 0.15) is 5.69 Å². The minimum atomic E-state index is -0.417. The molecule has 0 aliphatic heterocycles. The molecule has 0 fully saturated rings. The van der Waals surface area contributed by atoms with Crippen LogP contribution in [-0.4, -0.2) is 35.2 Å². The van der Waals surface area contributed by atoms with Gasteiger partial charge in [0.05, 0.1) is 4.92 Å². The van der Waals surface area contributed by atoms with E-state index in [1.807, 2.05) is 6.07 Å². The van der Waals surface area contributed by atoms with E-state index in [4.69, 9.17) is 5.84 Å². The number of hydrogen-bond acceptors (Lipinski definition) is 6. The molecule has 0 bridgehead atoms. The SMILES string of the molecule is CCN(CC)CCSCc1cccc([N+](=O)[O-])c1NN. The fraction of sp³-hybridized carbons (Fsp3) is 0.538. The molecule has 0 amide bonds. The van der Waals surface area contributed by atoms with Gasteiger partial charge in [0.2, 0.25) is 0 Å². The summed E-state index contributed by atoms with van der Waals surface area (Å²) in [6, 6.07) is 5.02. The molecule has 7 heteroatoms. The number of nitrogen functional groups attached to an aromatic ring is 1. The molecule has 3 N–H and O–H groups in total. The second kappa shape index (κ2) is 8.78. The molecule has 0 atom stereocenters. The number of rotatable bonds is 9. The van der Waals surface area contributed by atoms with Gasteiger partial charge in [0.25, 0.3) is 5.69 Å². The lowest BCUT2D eigenvalue weighted by molar-refractivity contribution is -0.384. The minimum absolute atomic E-state index is 0.0225. The second-order valence-corrected chi connectivity index (χ2v) is 5.40. The highest BCUT2D eigenvalue weighted by molar-refractivity contribution is 7.98. The van der Waals surface area contributed by atoms with Crippen molar-refractivity contribution < 1.29 is 4.92 Å². The number of nitrogens with one attached hydrogen (secondary N) is 1. The third kappa shape index (κ3) is 4.66. The lowest BCUT2D eigenvalue weighted by Gasteiger charge is -2.17. The number of thioether (sulfide) groups is 1. The van der Waals surface area contributed by atoms with E-state index in [2.05, 4.69) is 24.2 Å². The molecule has 1 aromatic rings. The van der Waals surface area contributed by atoms with Gasteiger partial charge in [-0.2, -0.15) is 11.8 Å². The Hall–Kier alpha value is -1.31. The Kier molecular flexibility index (Phi) is 7.35. The van der Waals surface area contributed by atoms with Crippen LogP contribution in [0.1, 0.15) is 19.4 Å². The maximum Gasteiger partial charge on any atom is 0.293 e. The molecular weight excluding hydrogens is 276 g/mol. The fourth-order valence-corrected chi connectivity index (χ4v) is 2.93. The Labute approximate surface area is 123 Å². The van der Waals surface area contributed by atoms with Crippen LogP contribution >= 0.6 is 11.8 Å². The topological polar surface area (TPSA) is 84.4 Å². The Bertz CT molecular complexity index is 438. The molecule has 0 unspecified atom stereocenters. The normalized spacial score (nSPS) is 10.8. The van der Waals surface area contributed by atoms with Crippen LogP contribution in [0.2, 0.25) is 0 Å². The van der Waals surface area contributed by atoms with Crippen LogP contribution in [0.3, 0.4) is 0 Å². The van der Waals surface area contributed by atoms with Crippen LogP contribution in [0.25, 0.3) is 0 Å². The van der Waals surface area contributed by atoms with Crippen molar-refractivity contribution in [1.82, 2.24) is 4.90 Å². The highest BCUT2D eigenvalue weighted by atomic mass is 32.2. The van der Waals surface area contributed by atoms with Crippen LogP contribution in [0.4, 0.5) is 11.4 Å². The summed E-state index contributed by atoms with van der Waals surface area (Å²) in [6.45, 7) is 7.40. The van der Waals surface area contributed by atoms with Crippen LogP contribution in [-0.2, 0) is 5.75 Å². The Morgan fingerprint density at radius 3 is 2.65 bits per heavy atom. The molecule has 0 radical (unpaired) electrons. The highest BCUT2D eigenvalue weighted by Gasteiger charge is 2.16. The molecule has 6 nitrogen and oxygen atoms in total. The number of nitro benzene ring substituents is 1. The van der Waals surface area contributed by atoms with Crippen molar-refractivity contribution in [2.45, 2.75) is 19.6 Å². The van der Waals surface area contributed by atoms with Crippen molar-refractivity contribution in [3.05, 3.63) is 33.9 Å². The van der Waals surface area contributed by atoms with Crippen molar-refractivity contribution in [3.63, 3.8) is 0 Å². The average Bonchev–Trinajstić information content (AvgIpc) is 2.46. The largest absolute Gasteiger partial charge is 0.318 e. The Balaban J connectivity index is 2.60. The third-order valence-electron chi connectivity index (χ3n) is 3.17. The van der Waals surface area contributed by atoms with Crippen LogP contribution in [0.15, 0.2) is 18.2 Å². The molecule has 0 spiro atoms. The highest BCUT2D eigenvalue weighted by Crippen LogP contribution is 2.29. The molecule has 0 aliphatic carbocycles. The minimum Gasteiger partial charge on any atom is -0.318 e. The monoisotopic (exact) mass is 298 g/mol. The number of hydrogen-bond donors (Lipinski definition) is 2. The van der Waals surface area contributed by atoms with E-state index in [0.29, 0.717) is 11.4 Å². The average molecular weight is 298 g/mol. The molecule has 0 heterocycles. The van der Waals surface area contributed by atoms with E-state index in [1.165, 1.54) is 6.07 Å². The molecule has 1 rings (SSSR count). The summed E-state index contributed by atoms with van der Waals surface area (Å²) in [5.74, 6) is 7.12. The van der Waals surface area contributed by atoms with Crippen molar-refractivity contribution >= 4 is 23.1 Å². The first-order chi connectivity index (χ1) is 9.63. The fourth-order valence-electron chi connectivity index (χ4n) is 1.94. The van der Waals surface area contributed by atoms with Gasteiger partial charge in [-0.1, -0.05) is 26.0 Å². The molecule has 20 heavy (non-hydrogen) atoms.